The molecule has 3 atom stereocenters. The molecule has 7 nitrogen and oxygen atoms in total. The number of carbonyl (C=O) groups excluding carboxylic acids is 2. The summed E-state index contributed by atoms with van der Waals surface area (Å²) in [5.74, 6) is -0.297. The van der Waals surface area contributed by atoms with Crippen LogP contribution < -0.4 is 16.2 Å². The van der Waals surface area contributed by atoms with Gasteiger partial charge in [-0.15, -0.1) is 0 Å². The maximum atomic E-state index is 13.1. The summed E-state index contributed by atoms with van der Waals surface area (Å²) in [7, 11) is 0. The van der Waals surface area contributed by atoms with Gasteiger partial charge < -0.3 is 20.5 Å². The third kappa shape index (κ3) is 2.53. The van der Waals surface area contributed by atoms with E-state index < -0.39 is 5.66 Å². The first-order valence-corrected chi connectivity index (χ1v) is 9.68. The standard InChI is InChI=1S/C21H22N4O3/c1-12-6-9-16(18(26)22-12)20(28)25-13-7-8-14(25)11-21(10-13)23-17-5-3-2-4-15(17)19(27)24-21/h2-6,9,13-14,23H,7-8,10-11H2,1H3,(H,22,26)(H,24,27)/t13-,14+,21?. The number of amides is 2. The van der Waals surface area contributed by atoms with E-state index in [1.807, 2.05) is 29.2 Å². The SMILES string of the molecule is Cc1ccc(C(=O)N2[C@@H]3CC[C@H]2CC2(C3)NC(=O)c3ccccc3N2)c(=O)[nH]1. The quantitative estimate of drug-likeness (QED) is 0.707. The minimum absolute atomic E-state index is 0.00925. The first-order valence-electron chi connectivity index (χ1n) is 9.68. The molecule has 2 bridgehead atoms. The monoisotopic (exact) mass is 378 g/mol. The Morgan fingerprint density at radius 2 is 1.75 bits per heavy atom. The second kappa shape index (κ2) is 5.95. The maximum Gasteiger partial charge on any atom is 0.260 e. The van der Waals surface area contributed by atoms with Gasteiger partial charge in [0.15, 0.2) is 0 Å². The number of hydrogen-bond acceptors (Lipinski definition) is 4. The first-order chi connectivity index (χ1) is 13.5. The summed E-state index contributed by atoms with van der Waals surface area (Å²) in [5.41, 5.74) is 1.50. The molecule has 0 aliphatic carbocycles. The molecule has 2 aromatic rings. The lowest BCUT2D eigenvalue weighted by Crippen LogP contribution is -2.65. The van der Waals surface area contributed by atoms with Crippen molar-refractivity contribution in [1.29, 1.82) is 0 Å². The van der Waals surface area contributed by atoms with E-state index >= 15 is 0 Å². The molecule has 2 saturated heterocycles. The van der Waals surface area contributed by atoms with Gasteiger partial charge in [0.05, 0.1) is 5.56 Å². The van der Waals surface area contributed by atoms with Crippen LogP contribution in [0.15, 0.2) is 41.2 Å². The third-order valence-electron chi connectivity index (χ3n) is 6.21. The smallest absolute Gasteiger partial charge is 0.260 e. The molecule has 1 unspecified atom stereocenters. The van der Waals surface area contributed by atoms with E-state index in [1.54, 1.807) is 19.1 Å². The third-order valence-corrected chi connectivity index (χ3v) is 6.21. The molecule has 3 aliphatic heterocycles. The highest BCUT2D eigenvalue weighted by atomic mass is 16.2. The van der Waals surface area contributed by atoms with Crippen molar-refractivity contribution >= 4 is 17.5 Å². The van der Waals surface area contributed by atoms with Gasteiger partial charge in [-0.3, -0.25) is 14.4 Å². The zero-order valence-corrected chi connectivity index (χ0v) is 15.6. The average molecular weight is 378 g/mol. The molecule has 0 saturated carbocycles. The molecule has 1 spiro atoms. The first kappa shape index (κ1) is 17.0. The normalized spacial score (nSPS) is 27.9. The number of benzene rings is 1. The van der Waals surface area contributed by atoms with Crippen LogP contribution >= 0.6 is 0 Å². The number of nitrogens with zero attached hydrogens (tertiary/aromatic N) is 1. The van der Waals surface area contributed by atoms with Crippen LogP contribution in [0.1, 0.15) is 52.1 Å². The second-order valence-electron chi connectivity index (χ2n) is 8.10. The van der Waals surface area contributed by atoms with E-state index in [2.05, 4.69) is 15.6 Å². The average Bonchev–Trinajstić information content (AvgIpc) is 2.93. The molecule has 1 aromatic heterocycles. The van der Waals surface area contributed by atoms with Crippen LogP contribution in [0, 0.1) is 6.92 Å². The summed E-state index contributed by atoms with van der Waals surface area (Å²) in [4.78, 5) is 42.6. The zero-order valence-electron chi connectivity index (χ0n) is 15.6. The minimum atomic E-state index is -0.548. The molecular formula is C21H22N4O3. The van der Waals surface area contributed by atoms with Crippen molar-refractivity contribution in [2.24, 2.45) is 0 Å². The van der Waals surface area contributed by atoms with E-state index in [0.29, 0.717) is 18.4 Å². The predicted molar refractivity (Wildman–Crippen MR) is 104 cm³/mol. The predicted octanol–water partition coefficient (Wildman–Crippen LogP) is 2.00. The molecule has 5 rings (SSSR count). The van der Waals surface area contributed by atoms with Gasteiger partial charge in [0, 0.05) is 36.3 Å². The fraction of sp³-hybridized carbons (Fsp3) is 0.381. The van der Waals surface area contributed by atoms with Crippen LogP contribution in [0.5, 0.6) is 0 Å². The van der Waals surface area contributed by atoms with E-state index in [-0.39, 0.29) is 35.0 Å². The van der Waals surface area contributed by atoms with E-state index in [4.69, 9.17) is 0 Å². The number of nitrogens with one attached hydrogen (secondary N) is 3. The van der Waals surface area contributed by atoms with Gasteiger partial charge >= 0.3 is 0 Å². The number of pyridine rings is 1. The zero-order chi connectivity index (χ0) is 19.5. The Labute approximate surface area is 162 Å². The van der Waals surface area contributed by atoms with Crippen molar-refractivity contribution < 1.29 is 9.59 Å². The van der Waals surface area contributed by atoms with Crippen LogP contribution in [0.2, 0.25) is 0 Å². The van der Waals surface area contributed by atoms with Gasteiger partial charge in [-0.25, -0.2) is 0 Å². The number of rotatable bonds is 1. The Morgan fingerprint density at radius 3 is 2.46 bits per heavy atom. The lowest BCUT2D eigenvalue weighted by Gasteiger charge is -2.49. The van der Waals surface area contributed by atoms with Crippen LogP contribution in [-0.2, 0) is 0 Å². The number of aromatic amines is 1. The number of carbonyl (C=O) groups is 2. The fourth-order valence-corrected chi connectivity index (χ4v) is 5.03. The van der Waals surface area contributed by atoms with Crippen molar-refractivity contribution in [3.05, 3.63) is 63.6 Å². The molecular weight excluding hydrogens is 356 g/mol. The molecule has 2 amide bonds. The number of aryl methyl sites for hydroxylation is 1. The van der Waals surface area contributed by atoms with Crippen LogP contribution in [0.4, 0.5) is 5.69 Å². The Kier molecular flexibility index (Phi) is 3.62. The highest BCUT2D eigenvalue weighted by Crippen LogP contribution is 2.43. The molecule has 2 fully saturated rings. The Balaban J connectivity index is 1.44. The van der Waals surface area contributed by atoms with Crippen molar-refractivity contribution in [3.8, 4) is 0 Å². The van der Waals surface area contributed by atoms with Gasteiger partial charge in [0.1, 0.15) is 11.2 Å². The highest BCUT2D eigenvalue weighted by Gasteiger charge is 2.52. The number of para-hydroxylation sites is 1. The Bertz CT molecular complexity index is 1030. The van der Waals surface area contributed by atoms with Gasteiger partial charge in [0.2, 0.25) is 0 Å². The summed E-state index contributed by atoms with van der Waals surface area (Å²) >= 11 is 0. The molecule has 3 aliphatic rings. The number of H-pyrrole nitrogens is 1. The van der Waals surface area contributed by atoms with Gasteiger partial charge in [-0.1, -0.05) is 12.1 Å². The van der Waals surface area contributed by atoms with Crippen LogP contribution in [0.3, 0.4) is 0 Å². The molecule has 4 heterocycles. The molecule has 3 N–H and O–H groups in total. The van der Waals surface area contributed by atoms with Crippen molar-refractivity contribution in [3.63, 3.8) is 0 Å². The second-order valence-corrected chi connectivity index (χ2v) is 8.10. The largest absolute Gasteiger partial charge is 0.362 e. The minimum Gasteiger partial charge on any atom is -0.362 e. The van der Waals surface area contributed by atoms with Crippen molar-refractivity contribution in [2.45, 2.75) is 50.4 Å². The molecule has 7 heteroatoms. The van der Waals surface area contributed by atoms with E-state index in [1.165, 1.54) is 0 Å². The lowest BCUT2D eigenvalue weighted by atomic mass is 9.87. The Hall–Kier alpha value is -3.09. The summed E-state index contributed by atoms with van der Waals surface area (Å²) in [6.45, 7) is 1.79. The number of hydrogen-bond donors (Lipinski definition) is 3. The number of fused-ring (bicyclic) bond motifs is 3. The maximum absolute atomic E-state index is 13.1. The summed E-state index contributed by atoms with van der Waals surface area (Å²) < 4.78 is 0. The summed E-state index contributed by atoms with van der Waals surface area (Å²) in [5, 5.41) is 6.67. The van der Waals surface area contributed by atoms with E-state index in [9.17, 15) is 14.4 Å². The number of piperidine rings is 1. The fourth-order valence-electron chi connectivity index (χ4n) is 5.03. The van der Waals surface area contributed by atoms with Crippen molar-refractivity contribution in [2.75, 3.05) is 5.32 Å². The number of anilines is 1. The Morgan fingerprint density at radius 1 is 1.04 bits per heavy atom. The van der Waals surface area contributed by atoms with Crippen LogP contribution in [-0.4, -0.2) is 39.4 Å². The van der Waals surface area contributed by atoms with Gasteiger partial charge in [0.25, 0.3) is 17.4 Å². The summed E-state index contributed by atoms with van der Waals surface area (Å²) in [6, 6.07) is 10.8. The van der Waals surface area contributed by atoms with E-state index in [0.717, 1.165) is 24.2 Å². The number of aromatic nitrogens is 1. The lowest BCUT2D eigenvalue weighted by molar-refractivity contribution is 0.0449. The molecule has 28 heavy (non-hydrogen) atoms. The topological polar surface area (TPSA) is 94.3 Å². The molecule has 0 radical (unpaired) electrons. The molecule has 1 aromatic carbocycles. The van der Waals surface area contributed by atoms with Crippen molar-refractivity contribution in [1.82, 2.24) is 15.2 Å². The van der Waals surface area contributed by atoms with Crippen LogP contribution in [0.25, 0.3) is 0 Å². The van der Waals surface area contributed by atoms with Gasteiger partial charge in [-0.05, 0) is 44.0 Å². The summed E-state index contributed by atoms with van der Waals surface area (Å²) in [6.07, 6.45) is 3.00. The molecule has 144 valence electrons. The van der Waals surface area contributed by atoms with Gasteiger partial charge in [-0.2, -0.15) is 0 Å². The highest BCUT2D eigenvalue weighted by molar-refractivity contribution is 6.02.